The number of amides is 1. The smallest absolute Gasteiger partial charge is 0.355 e. The molecule has 10 heteroatoms. The summed E-state index contributed by atoms with van der Waals surface area (Å²) in [7, 11) is 0. The number of hydrogen-bond acceptors (Lipinski definition) is 6. The van der Waals surface area contributed by atoms with Crippen molar-refractivity contribution < 1.29 is 18.0 Å². The van der Waals surface area contributed by atoms with Crippen LogP contribution in [0.5, 0.6) is 0 Å². The van der Waals surface area contributed by atoms with Crippen molar-refractivity contribution in [2.75, 3.05) is 23.3 Å². The summed E-state index contributed by atoms with van der Waals surface area (Å²) < 4.78 is 39.9. The Morgan fingerprint density at radius 3 is 2.86 bits per heavy atom. The first-order chi connectivity index (χ1) is 13.9. The number of pyridine rings is 1. The molecule has 1 aliphatic rings. The van der Waals surface area contributed by atoms with E-state index >= 15 is 0 Å². The number of carbonyl (C=O) groups is 1. The summed E-state index contributed by atoms with van der Waals surface area (Å²) in [5.41, 5.74) is 0.0236. The SMILES string of the molecule is O=C(Nc1nc(-c2cccs2)cs1)C1CCCN(c2ncccc2C(F)(F)F)C1. The van der Waals surface area contributed by atoms with Gasteiger partial charge in [-0.15, -0.1) is 22.7 Å². The predicted molar refractivity (Wildman–Crippen MR) is 108 cm³/mol. The van der Waals surface area contributed by atoms with E-state index < -0.39 is 17.7 Å². The largest absolute Gasteiger partial charge is 0.419 e. The topological polar surface area (TPSA) is 58.1 Å². The van der Waals surface area contributed by atoms with Gasteiger partial charge in [-0.05, 0) is 36.4 Å². The summed E-state index contributed by atoms with van der Waals surface area (Å²) in [6.07, 6.45) is -1.92. The number of halogens is 3. The van der Waals surface area contributed by atoms with E-state index in [0.717, 1.165) is 16.6 Å². The summed E-state index contributed by atoms with van der Waals surface area (Å²) in [5, 5.41) is 7.13. The number of hydrogen-bond donors (Lipinski definition) is 1. The molecule has 1 N–H and O–H groups in total. The second-order valence-corrected chi connectivity index (χ2v) is 8.47. The number of thiazole rings is 1. The zero-order valence-electron chi connectivity index (χ0n) is 15.1. The lowest BCUT2D eigenvalue weighted by molar-refractivity contribution is -0.137. The number of thiophene rings is 1. The van der Waals surface area contributed by atoms with Gasteiger partial charge in [-0.1, -0.05) is 6.07 Å². The number of nitrogens with zero attached hydrogens (tertiary/aromatic N) is 3. The van der Waals surface area contributed by atoms with Gasteiger partial charge in [0.15, 0.2) is 5.13 Å². The monoisotopic (exact) mass is 438 g/mol. The number of piperidine rings is 1. The van der Waals surface area contributed by atoms with Crippen LogP contribution in [0.1, 0.15) is 18.4 Å². The van der Waals surface area contributed by atoms with Crippen LogP contribution >= 0.6 is 22.7 Å². The van der Waals surface area contributed by atoms with Crippen LogP contribution in [0.3, 0.4) is 0 Å². The van der Waals surface area contributed by atoms with Crippen molar-refractivity contribution in [2.45, 2.75) is 19.0 Å². The Bertz CT molecular complexity index is 988. The van der Waals surface area contributed by atoms with Crippen LogP contribution in [0.15, 0.2) is 41.2 Å². The van der Waals surface area contributed by atoms with Crippen molar-refractivity contribution in [3.63, 3.8) is 0 Å². The molecule has 29 heavy (non-hydrogen) atoms. The van der Waals surface area contributed by atoms with E-state index in [1.54, 1.807) is 16.2 Å². The fourth-order valence-electron chi connectivity index (χ4n) is 3.33. The fourth-order valence-corrected chi connectivity index (χ4v) is 4.80. The first-order valence-electron chi connectivity index (χ1n) is 8.99. The molecule has 1 fully saturated rings. The number of rotatable bonds is 4. The Labute approximate surface area is 173 Å². The lowest BCUT2D eigenvalue weighted by Gasteiger charge is -2.34. The number of aromatic nitrogens is 2. The first-order valence-corrected chi connectivity index (χ1v) is 10.7. The highest BCUT2D eigenvalue weighted by Gasteiger charge is 2.37. The minimum absolute atomic E-state index is 0.119. The Morgan fingerprint density at radius 1 is 1.24 bits per heavy atom. The van der Waals surface area contributed by atoms with Crippen molar-refractivity contribution in [3.8, 4) is 10.6 Å². The molecule has 1 aliphatic heterocycles. The molecule has 152 valence electrons. The van der Waals surface area contributed by atoms with Crippen LogP contribution < -0.4 is 10.2 Å². The van der Waals surface area contributed by atoms with Crippen molar-refractivity contribution in [3.05, 3.63) is 46.8 Å². The maximum Gasteiger partial charge on any atom is 0.419 e. The maximum atomic E-state index is 13.3. The van der Waals surface area contributed by atoms with E-state index in [1.165, 1.54) is 23.6 Å². The molecular weight excluding hydrogens is 421 g/mol. The predicted octanol–water partition coefficient (Wildman–Crippen LogP) is 5.14. The van der Waals surface area contributed by atoms with Gasteiger partial charge in [0.2, 0.25) is 5.91 Å². The quantitative estimate of drug-likeness (QED) is 0.613. The second-order valence-electron chi connectivity index (χ2n) is 6.66. The van der Waals surface area contributed by atoms with E-state index in [-0.39, 0.29) is 18.3 Å². The first kappa shape index (κ1) is 19.8. The van der Waals surface area contributed by atoms with Gasteiger partial charge in [0, 0.05) is 24.7 Å². The van der Waals surface area contributed by atoms with Crippen LogP contribution in [0.2, 0.25) is 0 Å². The average molecular weight is 439 g/mol. The molecule has 1 saturated heterocycles. The molecule has 5 nitrogen and oxygen atoms in total. The third kappa shape index (κ3) is 4.43. The molecule has 4 rings (SSSR count). The fraction of sp³-hybridized carbons (Fsp3) is 0.316. The molecule has 0 radical (unpaired) electrons. The van der Waals surface area contributed by atoms with Crippen LogP contribution in [-0.2, 0) is 11.0 Å². The number of nitrogens with one attached hydrogen (secondary N) is 1. The molecule has 1 amide bonds. The van der Waals surface area contributed by atoms with Crippen molar-refractivity contribution in [1.82, 2.24) is 9.97 Å². The highest BCUT2D eigenvalue weighted by molar-refractivity contribution is 7.16. The zero-order valence-corrected chi connectivity index (χ0v) is 16.8. The van der Waals surface area contributed by atoms with Gasteiger partial charge in [-0.25, -0.2) is 9.97 Å². The molecule has 0 aliphatic carbocycles. The summed E-state index contributed by atoms with van der Waals surface area (Å²) in [5.74, 6) is -0.779. The Hall–Kier alpha value is -2.46. The molecule has 0 aromatic carbocycles. The molecule has 3 aromatic rings. The molecule has 1 unspecified atom stereocenters. The molecule has 0 saturated carbocycles. The molecule has 4 heterocycles. The van der Waals surface area contributed by atoms with E-state index in [1.807, 2.05) is 22.9 Å². The van der Waals surface area contributed by atoms with E-state index in [2.05, 4.69) is 15.3 Å². The summed E-state index contributed by atoms with van der Waals surface area (Å²) in [4.78, 5) is 23.7. The molecule has 0 spiro atoms. The Balaban J connectivity index is 1.46. The van der Waals surface area contributed by atoms with Gasteiger partial charge in [0.1, 0.15) is 5.82 Å². The van der Waals surface area contributed by atoms with Crippen molar-refractivity contribution in [2.24, 2.45) is 5.92 Å². The summed E-state index contributed by atoms with van der Waals surface area (Å²) >= 11 is 2.90. The lowest BCUT2D eigenvalue weighted by Crippen LogP contribution is -2.41. The molecule has 0 bridgehead atoms. The standard InChI is InChI=1S/C19H17F3N4OS2/c20-19(21,22)13-5-1-7-23-16(13)26-8-2-4-12(10-26)17(27)25-18-24-14(11-29-18)15-6-3-9-28-15/h1,3,5-7,9,11-12H,2,4,8,10H2,(H,24,25,27). The Kier molecular flexibility index (Phi) is 5.55. The van der Waals surface area contributed by atoms with Gasteiger partial charge in [0.05, 0.1) is 22.1 Å². The van der Waals surface area contributed by atoms with Crippen LogP contribution in [0, 0.1) is 5.92 Å². The summed E-state index contributed by atoms with van der Waals surface area (Å²) in [6.45, 7) is 0.624. The minimum Gasteiger partial charge on any atom is -0.355 e. The van der Waals surface area contributed by atoms with Gasteiger partial charge < -0.3 is 10.2 Å². The van der Waals surface area contributed by atoms with Crippen LogP contribution in [-0.4, -0.2) is 29.0 Å². The average Bonchev–Trinajstić information content (AvgIpc) is 3.39. The zero-order chi connectivity index (χ0) is 20.4. The highest BCUT2D eigenvalue weighted by Crippen LogP contribution is 2.36. The van der Waals surface area contributed by atoms with Crippen LogP contribution in [0.4, 0.5) is 24.1 Å². The molecule has 3 aromatic heterocycles. The van der Waals surface area contributed by atoms with E-state index in [9.17, 15) is 18.0 Å². The highest BCUT2D eigenvalue weighted by atomic mass is 32.1. The number of alkyl halides is 3. The van der Waals surface area contributed by atoms with Gasteiger partial charge in [-0.3, -0.25) is 4.79 Å². The van der Waals surface area contributed by atoms with Crippen molar-refractivity contribution >= 4 is 39.5 Å². The molecule has 1 atom stereocenters. The molecular formula is C19H17F3N4OS2. The number of anilines is 2. The third-order valence-electron chi connectivity index (χ3n) is 4.69. The second kappa shape index (κ2) is 8.11. The number of carbonyl (C=O) groups excluding carboxylic acids is 1. The Morgan fingerprint density at radius 2 is 2.10 bits per heavy atom. The van der Waals surface area contributed by atoms with E-state index in [4.69, 9.17) is 0 Å². The minimum atomic E-state index is -4.49. The van der Waals surface area contributed by atoms with Crippen molar-refractivity contribution in [1.29, 1.82) is 0 Å². The van der Waals surface area contributed by atoms with Gasteiger partial charge >= 0.3 is 6.18 Å². The summed E-state index contributed by atoms with van der Waals surface area (Å²) in [6, 6.07) is 6.18. The lowest BCUT2D eigenvalue weighted by atomic mass is 9.97. The third-order valence-corrected chi connectivity index (χ3v) is 6.34. The maximum absolute atomic E-state index is 13.3. The van der Waals surface area contributed by atoms with E-state index in [0.29, 0.717) is 24.5 Å². The van der Waals surface area contributed by atoms with Gasteiger partial charge in [0.25, 0.3) is 0 Å². The normalized spacial score (nSPS) is 17.3. The van der Waals surface area contributed by atoms with Crippen LogP contribution in [0.25, 0.3) is 10.6 Å². The van der Waals surface area contributed by atoms with Gasteiger partial charge in [-0.2, -0.15) is 13.2 Å².